The number of thiazole rings is 1. The Labute approximate surface area is 158 Å². The number of rotatable bonds is 7. The molecule has 0 fully saturated rings. The maximum Gasteiger partial charge on any atom is 0.191 e. The number of halogens is 1. The molecule has 2 N–H and O–H groups in total. The zero-order chi connectivity index (χ0) is 15.8. The molecule has 0 unspecified atom stereocenters. The smallest absolute Gasteiger partial charge is 0.191 e. The number of guanidine groups is 1. The van der Waals surface area contributed by atoms with Gasteiger partial charge >= 0.3 is 0 Å². The van der Waals surface area contributed by atoms with Gasteiger partial charge in [-0.2, -0.15) is 0 Å². The Morgan fingerprint density at radius 2 is 2.17 bits per heavy atom. The monoisotopic (exact) mass is 449 g/mol. The van der Waals surface area contributed by atoms with Crippen LogP contribution in [0.3, 0.4) is 0 Å². The van der Waals surface area contributed by atoms with Crippen molar-refractivity contribution in [3.8, 4) is 0 Å². The Morgan fingerprint density at radius 3 is 2.83 bits per heavy atom. The molecule has 0 atom stereocenters. The molecule has 2 aromatic rings. The molecule has 23 heavy (non-hydrogen) atoms. The summed E-state index contributed by atoms with van der Waals surface area (Å²) in [4.78, 5) is 10.1. The highest BCUT2D eigenvalue weighted by Gasteiger charge is 2.03. The van der Waals surface area contributed by atoms with E-state index in [0.717, 1.165) is 42.8 Å². The second kappa shape index (κ2) is 10.5. The van der Waals surface area contributed by atoms with Gasteiger partial charge in [0.1, 0.15) is 17.2 Å². The van der Waals surface area contributed by atoms with Crippen molar-refractivity contribution < 1.29 is 0 Å². The Morgan fingerprint density at radius 1 is 1.35 bits per heavy atom. The molecule has 0 bridgehead atoms. The van der Waals surface area contributed by atoms with Crippen LogP contribution < -0.4 is 10.6 Å². The highest BCUT2D eigenvalue weighted by molar-refractivity contribution is 14.0. The minimum absolute atomic E-state index is 0. The average Bonchev–Trinajstić information content (AvgIpc) is 3.13. The Hall–Kier alpha value is -1.23. The number of nitrogens with one attached hydrogen (secondary N) is 2. The van der Waals surface area contributed by atoms with Crippen molar-refractivity contribution in [2.45, 2.75) is 40.3 Å². The average molecular weight is 449 g/mol. The van der Waals surface area contributed by atoms with Crippen LogP contribution in [0.1, 0.15) is 29.6 Å². The Kier molecular flexibility index (Phi) is 9.07. The zero-order valence-electron chi connectivity index (χ0n) is 13.7. The van der Waals surface area contributed by atoms with Crippen LogP contribution >= 0.6 is 35.3 Å². The summed E-state index contributed by atoms with van der Waals surface area (Å²) in [5, 5.41) is 15.6. The van der Waals surface area contributed by atoms with E-state index in [4.69, 9.17) is 0 Å². The van der Waals surface area contributed by atoms with E-state index in [9.17, 15) is 0 Å². The molecule has 0 aliphatic carbocycles. The molecular formula is C14H24IN7S. The third-order valence-corrected chi connectivity index (χ3v) is 3.94. The fourth-order valence-corrected chi connectivity index (χ4v) is 2.71. The molecule has 2 heterocycles. The number of nitrogens with zero attached hydrogens (tertiary/aromatic N) is 5. The predicted molar refractivity (Wildman–Crippen MR) is 104 cm³/mol. The molecule has 0 aliphatic rings. The molecule has 0 aromatic carbocycles. The maximum atomic E-state index is 4.56. The van der Waals surface area contributed by atoms with Gasteiger partial charge < -0.3 is 15.2 Å². The normalized spacial score (nSPS) is 11.2. The van der Waals surface area contributed by atoms with Crippen molar-refractivity contribution in [1.82, 2.24) is 30.4 Å². The summed E-state index contributed by atoms with van der Waals surface area (Å²) in [6.07, 6.45) is 4.54. The second-order valence-corrected chi connectivity index (χ2v) is 6.10. The third kappa shape index (κ3) is 6.42. The summed E-state index contributed by atoms with van der Waals surface area (Å²) in [6, 6.07) is 0. The van der Waals surface area contributed by atoms with Crippen molar-refractivity contribution in [3.63, 3.8) is 0 Å². The van der Waals surface area contributed by atoms with E-state index in [1.54, 1.807) is 17.7 Å². The van der Waals surface area contributed by atoms with Gasteiger partial charge in [0.25, 0.3) is 0 Å². The maximum absolute atomic E-state index is 4.56. The van der Waals surface area contributed by atoms with E-state index >= 15 is 0 Å². The van der Waals surface area contributed by atoms with Crippen LogP contribution in [0, 0.1) is 6.92 Å². The molecule has 0 saturated heterocycles. The topological polar surface area (TPSA) is 80.0 Å². The largest absolute Gasteiger partial charge is 0.357 e. The highest BCUT2D eigenvalue weighted by Crippen LogP contribution is 2.11. The van der Waals surface area contributed by atoms with Gasteiger partial charge in [-0.3, -0.25) is 0 Å². The second-order valence-electron chi connectivity index (χ2n) is 4.78. The zero-order valence-corrected chi connectivity index (χ0v) is 16.9. The first-order valence-corrected chi connectivity index (χ1v) is 8.34. The van der Waals surface area contributed by atoms with Gasteiger partial charge in [0.2, 0.25) is 0 Å². The van der Waals surface area contributed by atoms with E-state index in [1.807, 2.05) is 6.20 Å². The summed E-state index contributed by atoms with van der Waals surface area (Å²) in [5.74, 6) is 1.81. The van der Waals surface area contributed by atoms with Gasteiger partial charge in [-0.25, -0.2) is 9.98 Å². The highest BCUT2D eigenvalue weighted by atomic mass is 127. The molecule has 9 heteroatoms. The first-order chi connectivity index (χ1) is 10.7. The van der Waals surface area contributed by atoms with E-state index in [1.165, 1.54) is 4.88 Å². The van der Waals surface area contributed by atoms with Crippen LogP contribution in [0.5, 0.6) is 0 Å². The van der Waals surface area contributed by atoms with Crippen LogP contribution in [0.25, 0.3) is 0 Å². The van der Waals surface area contributed by atoms with Gasteiger partial charge in [0, 0.05) is 37.1 Å². The summed E-state index contributed by atoms with van der Waals surface area (Å²) in [7, 11) is 0. The minimum atomic E-state index is 0. The van der Waals surface area contributed by atoms with E-state index in [2.05, 4.69) is 56.1 Å². The van der Waals surface area contributed by atoms with Crippen LogP contribution in [0.4, 0.5) is 0 Å². The third-order valence-electron chi connectivity index (χ3n) is 3.04. The molecule has 128 valence electrons. The fourth-order valence-electron chi connectivity index (χ4n) is 2.00. The van der Waals surface area contributed by atoms with Gasteiger partial charge in [-0.1, -0.05) is 6.92 Å². The Balaban J connectivity index is 0.00000264. The molecule has 7 nitrogen and oxygen atoms in total. The Bertz CT molecular complexity index is 608. The van der Waals surface area contributed by atoms with E-state index in [-0.39, 0.29) is 24.0 Å². The molecule has 0 amide bonds. The molecule has 2 rings (SSSR count). The standard InChI is InChI=1S/C14H23N7S.HI/c1-4-12-20-19-10-21(12)7-6-16-14(15-5-2)18-9-13-17-8-11(3)22-13;/h8,10H,4-7,9H2,1-3H3,(H2,15,16,18);1H. The summed E-state index contributed by atoms with van der Waals surface area (Å²) in [5.41, 5.74) is 0. The van der Waals surface area contributed by atoms with Crippen molar-refractivity contribution >= 4 is 41.3 Å². The summed E-state index contributed by atoms with van der Waals surface area (Å²) >= 11 is 1.68. The lowest BCUT2D eigenvalue weighted by molar-refractivity contribution is 0.632. The van der Waals surface area contributed by atoms with Gasteiger partial charge in [-0.05, 0) is 13.8 Å². The number of aromatic nitrogens is 4. The number of hydrogen-bond donors (Lipinski definition) is 2. The van der Waals surface area contributed by atoms with Gasteiger partial charge in [-0.15, -0.1) is 45.5 Å². The van der Waals surface area contributed by atoms with E-state index < -0.39 is 0 Å². The van der Waals surface area contributed by atoms with Gasteiger partial charge in [0.15, 0.2) is 5.96 Å². The van der Waals surface area contributed by atoms with Crippen molar-refractivity contribution in [1.29, 1.82) is 0 Å². The van der Waals surface area contributed by atoms with Crippen LogP contribution in [-0.4, -0.2) is 38.8 Å². The first kappa shape index (κ1) is 19.8. The summed E-state index contributed by atoms with van der Waals surface area (Å²) < 4.78 is 2.06. The van der Waals surface area contributed by atoms with Crippen LogP contribution in [0.2, 0.25) is 0 Å². The van der Waals surface area contributed by atoms with Crippen molar-refractivity contribution in [2.75, 3.05) is 13.1 Å². The lowest BCUT2D eigenvalue weighted by atomic mass is 10.4. The number of hydrogen-bond acceptors (Lipinski definition) is 5. The SMILES string of the molecule is CCNC(=NCc1ncc(C)s1)NCCn1cnnc1CC.I. The molecule has 0 aliphatic heterocycles. The van der Waals surface area contributed by atoms with Crippen LogP contribution in [0.15, 0.2) is 17.5 Å². The molecule has 0 radical (unpaired) electrons. The molecule has 0 saturated carbocycles. The molecule has 2 aromatic heterocycles. The summed E-state index contributed by atoms with van der Waals surface area (Å²) in [6.45, 7) is 9.20. The van der Waals surface area contributed by atoms with Gasteiger partial charge in [0.05, 0.1) is 6.54 Å². The lowest BCUT2D eigenvalue weighted by Crippen LogP contribution is -2.38. The predicted octanol–water partition coefficient (Wildman–Crippen LogP) is 1.98. The first-order valence-electron chi connectivity index (χ1n) is 7.53. The van der Waals surface area contributed by atoms with E-state index in [0.29, 0.717) is 6.54 Å². The van der Waals surface area contributed by atoms with Crippen LogP contribution in [-0.2, 0) is 19.5 Å². The quantitative estimate of drug-likeness (QED) is 0.384. The minimum Gasteiger partial charge on any atom is -0.357 e. The molecule has 0 spiro atoms. The molecular weight excluding hydrogens is 425 g/mol. The number of aryl methyl sites for hydroxylation is 2. The van der Waals surface area contributed by atoms with Crippen molar-refractivity contribution in [3.05, 3.63) is 28.2 Å². The van der Waals surface area contributed by atoms with Crippen molar-refractivity contribution in [2.24, 2.45) is 4.99 Å². The number of aliphatic imine (C=N–C) groups is 1. The fraction of sp³-hybridized carbons (Fsp3) is 0.571. The lowest BCUT2D eigenvalue weighted by Gasteiger charge is -2.11.